The highest BCUT2D eigenvalue weighted by molar-refractivity contribution is 6.03. The number of carbonyl (C=O) groups excluding carboxylic acids is 2. The van der Waals surface area contributed by atoms with Crippen molar-refractivity contribution in [1.82, 2.24) is 5.32 Å². The number of carbonyl (C=O) groups is 2. The lowest BCUT2D eigenvalue weighted by Gasteiger charge is -2.23. The van der Waals surface area contributed by atoms with Crippen LogP contribution in [-0.4, -0.2) is 37.2 Å². The minimum absolute atomic E-state index is 0.0677. The molecule has 2 fully saturated rings. The van der Waals surface area contributed by atoms with Gasteiger partial charge in [0.05, 0.1) is 31.6 Å². The van der Waals surface area contributed by atoms with Gasteiger partial charge in [-0.05, 0) is 29.8 Å². The number of benzene rings is 2. The van der Waals surface area contributed by atoms with E-state index >= 15 is 0 Å². The van der Waals surface area contributed by atoms with Crippen LogP contribution in [0.1, 0.15) is 5.56 Å². The van der Waals surface area contributed by atoms with Gasteiger partial charge in [0, 0.05) is 12.2 Å². The smallest absolute Gasteiger partial charge is 0.234 e. The number of methoxy groups -OCH3 is 1. The van der Waals surface area contributed by atoms with Crippen molar-refractivity contribution in [2.24, 2.45) is 11.8 Å². The molecule has 1 N–H and O–H groups in total. The molecule has 3 aliphatic rings. The van der Waals surface area contributed by atoms with E-state index in [0.717, 1.165) is 17.0 Å². The molecule has 0 aliphatic carbocycles. The second kappa shape index (κ2) is 6.74. The van der Waals surface area contributed by atoms with Crippen molar-refractivity contribution in [3.8, 4) is 5.75 Å². The average molecular weight is 390 g/mol. The first-order chi connectivity index (χ1) is 14.1. The van der Waals surface area contributed by atoms with Gasteiger partial charge in [-0.2, -0.15) is 0 Å². The van der Waals surface area contributed by atoms with Crippen molar-refractivity contribution < 1.29 is 19.1 Å². The van der Waals surface area contributed by atoms with E-state index in [-0.39, 0.29) is 17.9 Å². The van der Waals surface area contributed by atoms with Crippen LogP contribution in [0, 0.1) is 11.8 Å². The Bertz CT molecular complexity index is 972. The fourth-order valence-electron chi connectivity index (χ4n) is 4.68. The number of nitrogens with one attached hydrogen (secondary N) is 1. The molecule has 2 bridgehead atoms. The second-order valence-corrected chi connectivity index (χ2v) is 7.73. The van der Waals surface area contributed by atoms with Gasteiger partial charge in [-0.1, -0.05) is 42.5 Å². The predicted molar refractivity (Wildman–Crippen MR) is 107 cm³/mol. The first-order valence-corrected chi connectivity index (χ1v) is 9.75. The van der Waals surface area contributed by atoms with Crippen molar-refractivity contribution in [3.63, 3.8) is 0 Å². The second-order valence-electron chi connectivity index (χ2n) is 7.73. The minimum Gasteiger partial charge on any atom is -0.497 e. The molecule has 6 heteroatoms. The molecular weight excluding hydrogens is 368 g/mol. The molecule has 148 valence electrons. The van der Waals surface area contributed by atoms with Crippen LogP contribution in [0.15, 0.2) is 66.7 Å². The molecule has 3 heterocycles. The van der Waals surface area contributed by atoms with E-state index in [2.05, 4.69) is 5.32 Å². The Morgan fingerprint density at radius 2 is 1.97 bits per heavy atom. The molecule has 3 unspecified atom stereocenters. The molecule has 4 atom stereocenters. The van der Waals surface area contributed by atoms with Crippen LogP contribution in [0.5, 0.6) is 5.75 Å². The van der Waals surface area contributed by atoms with Crippen LogP contribution in [0.25, 0.3) is 0 Å². The Hall–Kier alpha value is -3.12. The maximum absolute atomic E-state index is 13.3. The Kier molecular flexibility index (Phi) is 4.17. The van der Waals surface area contributed by atoms with Crippen molar-refractivity contribution in [1.29, 1.82) is 0 Å². The lowest BCUT2D eigenvalue weighted by molar-refractivity contribution is -0.132. The topological polar surface area (TPSA) is 67.9 Å². The summed E-state index contributed by atoms with van der Waals surface area (Å²) in [4.78, 5) is 28.0. The van der Waals surface area contributed by atoms with E-state index in [1.54, 1.807) is 12.0 Å². The Morgan fingerprint density at radius 1 is 1.21 bits per heavy atom. The zero-order valence-electron chi connectivity index (χ0n) is 16.1. The number of hydrogen-bond donors (Lipinski definition) is 1. The number of hydrogen-bond acceptors (Lipinski definition) is 4. The lowest BCUT2D eigenvalue weighted by atomic mass is 9.77. The number of fused-ring (bicyclic) bond motifs is 1. The molecule has 6 nitrogen and oxygen atoms in total. The average Bonchev–Trinajstić information content (AvgIpc) is 3.41. The molecule has 1 spiro atoms. The highest BCUT2D eigenvalue weighted by Crippen LogP contribution is 2.52. The summed E-state index contributed by atoms with van der Waals surface area (Å²) in [6, 6.07) is 17.1. The number of ether oxygens (including phenoxy) is 2. The predicted octanol–water partition coefficient (Wildman–Crippen LogP) is 2.30. The van der Waals surface area contributed by atoms with E-state index in [0.29, 0.717) is 13.1 Å². The molecule has 2 amide bonds. The molecule has 0 radical (unpaired) electrons. The van der Waals surface area contributed by atoms with Gasteiger partial charge in [-0.25, -0.2) is 0 Å². The number of anilines is 1. The van der Waals surface area contributed by atoms with E-state index in [1.807, 2.05) is 66.7 Å². The Labute approximate surface area is 169 Å². The third-order valence-electron chi connectivity index (χ3n) is 6.10. The molecule has 0 aromatic heterocycles. The van der Waals surface area contributed by atoms with Crippen LogP contribution >= 0.6 is 0 Å². The molecule has 29 heavy (non-hydrogen) atoms. The van der Waals surface area contributed by atoms with Gasteiger partial charge in [-0.3, -0.25) is 9.59 Å². The first-order valence-electron chi connectivity index (χ1n) is 9.75. The standard InChI is InChI=1S/C23H22N2O4/c1-28-17-9-7-16(8-10-17)25-14-23-12-11-18(29-23)19(20(23)22(25)27)21(26)24-13-15-5-3-2-4-6-15/h2-12,18-20H,13-14H2,1H3,(H,24,26)/t18-,19?,20?,23?/m1/s1. The maximum atomic E-state index is 13.3. The molecule has 2 aromatic rings. The van der Waals surface area contributed by atoms with E-state index < -0.39 is 17.4 Å². The van der Waals surface area contributed by atoms with Gasteiger partial charge in [0.25, 0.3) is 0 Å². The summed E-state index contributed by atoms with van der Waals surface area (Å²) in [7, 11) is 1.61. The monoisotopic (exact) mass is 390 g/mol. The molecular formula is C23H22N2O4. The molecule has 2 saturated heterocycles. The molecule has 2 aromatic carbocycles. The van der Waals surface area contributed by atoms with Crippen LogP contribution in [0.3, 0.4) is 0 Å². The minimum atomic E-state index is -0.726. The van der Waals surface area contributed by atoms with E-state index in [4.69, 9.17) is 9.47 Å². The van der Waals surface area contributed by atoms with Crippen LogP contribution in [0.2, 0.25) is 0 Å². The highest BCUT2D eigenvalue weighted by atomic mass is 16.5. The normalized spacial score (nSPS) is 29.2. The van der Waals surface area contributed by atoms with Crippen molar-refractivity contribution in [2.45, 2.75) is 18.2 Å². The van der Waals surface area contributed by atoms with Gasteiger partial charge in [0.2, 0.25) is 11.8 Å². The first kappa shape index (κ1) is 17.9. The lowest BCUT2D eigenvalue weighted by Crippen LogP contribution is -2.43. The van der Waals surface area contributed by atoms with Crippen molar-refractivity contribution in [2.75, 3.05) is 18.6 Å². The molecule has 5 rings (SSSR count). The third kappa shape index (κ3) is 2.83. The van der Waals surface area contributed by atoms with Gasteiger partial charge in [-0.15, -0.1) is 0 Å². The van der Waals surface area contributed by atoms with Crippen molar-refractivity contribution >= 4 is 17.5 Å². The van der Waals surface area contributed by atoms with Gasteiger partial charge in [0.15, 0.2) is 0 Å². The summed E-state index contributed by atoms with van der Waals surface area (Å²) in [6.45, 7) is 0.848. The summed E-state index contributed by atoms with van der Waals surface area (Å²) < 4.78 is 11.4. The van der Waals surface area contributed by atoms with Crippen molar-refractivity contribution in [3.05, 3.63) is 72.3 Å². The van der Waals surface area contributed by atoms with Gasteiger partial charge >= 0.3 is 0 Å². The van der Waals surface area contributed by atoms with Gasteiger partial charge in [0.1, 0.15) is 11.4 Å². The summed E-state index contributed by atoms with van der Waals surface area (Å²) in [5, 5.41) is 2.99. The van der Waals surface area contributed by atoms with Crippen LogP contribution in [0.4, 0.5) is 5.69 Å². The molecule has 0 saturated carbocycles. The fraction of sp³-hybridized carbons (Fsp3) is 0.304. The van der Waals surface area contributed by atoms with Crippen LogP contribution in [-0.2, 0) is 20.9 Å². The SMILES string of the molecule is COc1ccc(N2CC34C=C[C@@H](O3)C(C(=O)NCc3ccccc3)C4C2=O)cc1. The van der Waals surface area contributed by atoms with E-state index in [9.17, 15) is 9.59 Å². The maximum Gasteiger partial charge on any atom is 0.234 e. The number of amides is 2. The summed E-state index contributed by atoms with van der Waals surface area (Å²) in [6.07, 6.45) is 3.54. The van der Waals surface area contributed by atoms with E-state index in [1.165, 1.54) is 0 Å². The summed E-state index contributed by atoms with van der Waals surface area (Å²) >= 11 is 0. The third-order valence-corrected chi connectivity index (χ3v) is 6.10. The molecule has 3 aliphatic heterocycles. The summed E-state index contributed by atoms with van der Waals surface area (Å²) in [5.41, 5.74) is 1.08. The summed E-state index contributed by atoms with van der Waals surface area (Å²) in [5.74, 6) is -0.495. The fourth-order valence-corrected chi connectivity index (χ4v) is 4.68. The Morgan fingerprint density at radius 3 is 2.69 bits per heavy atom. The quantitative estimate of drug-likeness (QED) is 0.796. The zero-order chi connectivity index (χ0) is 20.0. The number of nitrogens with zero attached hydrogens (tertiary/aromatic N) is 1. The largest absolute Gasteiger partial charge is 0.497 e. The highest BCUT2D eigenvalue weighted by Gasteiger charge is 2.67. The number of rotatable bonds is 5. The zero-order valence-corrected chi connectivity index (χ0v) is 16.1. The van der Waals surface area contributed by atoms with Crippen LogP contribution < -0.4 is 15.0 Å². The Balaban J connectivity index is 1.37. The van der Waals surface area contributed by atoms with Gasteiger partial charge < -0.3 is 19.7 Å².